The number of aromatic nitrogens is 1. The van der Waals surface area contributed by atoms with Crippen molar-refractivity contribution in [1.82, 2.24) is 10.3 Å². The Labute approximate surface area is 118 Å². The van der Waals surface area contributed by atoms with E-state index in [9.17, 15) is 4.39 Å². The summed E-state index contributed by atoms with van der Waals surface area (Å²) < 4.78 is 29.5. The minimum atomic E-state index is -0.391. The third kappa shape index (κ3) is 5.03. The van der Waals surface area contributed by atoms with Crippen molar-refractivity contribution in [3.8, 4) is 5.88 Å². The van der Waals surface area contributed by atoms with Gasteiger partial charge >= 0.3 is 0 Å². The van der Waals surface area contributed by atoms with Crippen LogP contribution in [0.1, 0.15) is 18.4 Å². The summed E-state index contributed by atoms with van der Waals surface area (Å²) in [5.41, 5.74) is 0.585. The van der Waals surface area contributed by atoms with E-state index in [-0.39, 0.29) is 12.5 Å². The van der Waals surface area contributed by atoms with Crippen molar-refractivity contribution < 1.29 is 18.6 Å². The topological polar surface area (TPSA) is 52.6 Å². The maximum absolute atomic E-state index is 14.1. The van der Waals surface area contributed by atoms with Crippen molar-refractivity contribution in [2.75, 3.05) is 33.5 Å². The molecule has 0 atom stereocenters. The Morgan fingerprint density at radius 2 is 2.10 bits per heavy atom. The van der Waals surface area contributed by atoms with Gasteiger partial charge in [0.1, 0.15) is 6.61 Å². The molecule has 1 heterocycles. The molecule has 20 heavy (non-hydrogen) atoms. The van der Waals surface area contributed by atoms with Crippen molar-refractivity contribution in [2.45, 2.75) is 25.4 Å². The van der Waals surface area contributed by atoms with Crippen LogP contribution in [-0.2, 0) is 16.0 Å². The lowest BCUT2D eigenvalue weighted by atomic mass is 10.2. The first-order valence-electron chi connectivity index (χ1n) is 6.87. The average Bonchev–Trinajstić information content (AvgIpc) is 3.27. The Balaban J connectivity index is 1.73. The van der Waals surface area contributed by atoms with E-state index in [1.54, 1.807) is 19.4 Å². The number of ether oxygens (including phenoxy) is 3. The average molecular weight is 284 g/mol. The van der Waals surface area contributed by atoms with Gasteiger partial charge in [-0.1, -0.05) is 0 Å². The van der Waals surface area contributed by atoms with Gasteiger partial charge < -0.3 is 19.5 Å². The van der Waals surface area contributed by atoms with E-state index in [0.717, 1.165) is 0 Å². The second kappa shape index (κ2) is 8.14. The Hall–Kier alpha value is -1.24. The molecule has 0 unspecified atom stereocenters. The molecule has 0 spiro atoms. The molecule has 0 bridgehead atoms. The van der Waals surface area contributed by atoms with Gasteiger partial charge in [0, 0.05) is 31.5 Å². The van der Waals surface area contributed by atoms with Gasteiger partial charge in [-0.2, -0.15) is 0 Å². The largest absolute Gasteiger partial charge is 0.473 e. The fraction of sp³-hybridized carbons (Fsp3) is 0.643. The van der Waals surface area contributed by atoms with Gasteiger partial charge in [0.15, 0.2) is 5.82 Å². The second-order valence-electron chi connectivity index (χ2n) is 4.70. The fourth-order valence-electron chi connectivity index (χ4n) is 1.68. The van der Waals surface area contributed by atoms with Gasteiger partial charge in [-0.05, 0) is 18.9 Å². The summed E-state index contributed by atoms with van der Waals surface area (Å²) in [6.45, 7) is 2.21. The standard InChI is InChI=1S/C14H21FN2O3/c1-18-6-7-19-8-9-20-14-13(15)11(4-5-16-14)10-17-12-2-3-12/h4-5,12,17H,2-3,6-10H2,1H3. The zero-order valence-electron chi connectivity index (χ0n) is 11.7. The summed E-state index contributed by atoms with van der Waals surface area (Å²) in [6.07, 6.45) is 3.91. The molecule has 2 rings (SSSR count). The van der Waals surface area contributed by atoms with E-state index in [2.05, 4.69) is 10.3 Å². The Morgan fingerprint density at radius 3 is 2.85 bits per heavy atom. The fourth-order valence-corrected chi connectivity index (χ4v) is 1.68. The lowest BCUT2D eigenvalue weighted by Gasteiger charge is -2.10. The SMILES string of the molecule is COCCOCCOc1nccc(CNC2CC2)c1F. The minimum absolute atomic E-state index is 0.0374. The number of rotatable bonds is 10. The highest BCUT2D eigenvalue weighted by atomic mass is 19.1. The quantitative estimate of drug-likeness (QED) is 0.660. The predicted molar refractivity (Wildman–Crippen MR) is 72.2 cm³/mol. The summed E-state index contributed by atoms with van der Waals surface area (Å²) in [7, 11) is 1.61. The molecule has 0 amide bonds. The highest BCUT2D eigenvalue weighted by molar-refractivity contribution is 5.23. The van der Waals surface area contributed by atoms with Crippen LogP contribution in [0.4, 0.5) is 4.39 Å². The molecule has 1 aromatic rings. The number of pyridine rings is 1. The first kappa shape index (κ1) is 15.2. The summed E-state index contributed by atoms with van der Waals surface area (Å²) >= 11 is 0. The maximum Gasteiger partial charge on any atom is 0.250 e. The Morgan fingerprint density at radius 1 is 1.30 bits per heavy atom. The molecular weight excluding hydrogens is 263 g/mol. The highest BCUT2D eigenvalue weighted by Crippen LogP contribution is 2.21. The van der Waals surface area contributed by atoms with E-state index in [1.807, 2.05) is 0 Å². The van der Waals surface area contributed by atoms with E-state index in [0.29, 0.717) is 38.0 Å². The number of hydrogen-bond acceptors (Lipinski definition) is 5. The number of nitrogens with one attached hydrogen (secondary N) is 1. The molecule has 0 aromatic carbocycles. The van der Waals surface area contributed by atoms with Crippen LogP contribution < -0.4 is 10.1 Å². The Bertz CT molecular complexity index is 413. The lowest BCUT2D eigenvalue weighted by molar-refractivity contribution is 0.0529. The van der Waals surface area contributed by atoms with E-state index >= 15 is 0 Å². The van der Waals surface area contributed by atoms with Crippen LogP contribution in [-0.4, -0.2) is 44.6 Å². The van der Waals surface area contributed by atoms with E-state index in [4.69, 9.17) is 14.2 Å². The molecule has 1 aliphatic rings. The summed E-state index contributed by atoms with van der Waals surface area (Å²) in [5.74, 6) is -0.354. The zero-order valence-corrected chi connectivity index (χ0v) is 11.7. The van der Waals surface area contributed by atoms with Crippen LogP contribution in [0, 0.1) is 5.82 Å². The normalized spacial score (nSPS) is 14.5. The Kier molecular flexibility index (Phi) is 6.17. The summed E-state index contributed by atoms with van der Waals surface area (Å²) in [6, 6.07) is 2.22. The first-order chi connectivity index (χ1) is 9.81. The van der Waals surface area contributed by atoms with Crippen LogP contribution in [0.3, 0.4) is 0 Å². The molecule has 1 saturated carbocycles. The van der Waals surface area contributed by atoms with Crippen LogP contribution >= 0.6 is 0 Å². The van der Waals surface area contributed by atoms with Gasteiger partial charge in [-0.3, -0.25) is 0 Å². The highest BCUT2D eigenvalue weighted by Gasteiger charge is 2.21. The van der Waals surface area contributed by atoms with E-state index in [1.165, 1.54) is 12.8 Å². The van der Waals surface area contributed by atoms with Crippen molar-refractivity contribution in [3.05, 3.63) is 23.6 Å². The predicted octanol–water partition coefficient (Wildman–Crippen LogP) is 1.51. The summed E-state index contributed by atoms with van der Waals surface area (Å²) in [5, 5.41) is 3.27. The van der Waals surface area contributed by atoms with Crippen LogP contribution in [0.15, 0.2) is 12.3 Å². The minimum Gasteiger partial charge on any atom is -0.473 e. The van der Waals surface area contributed by atoms with Gasteiger partial charge in [-0.25, -0.2) is 9.37 Å². The van der Waals surface area contributed by atoms with E-state index < -0.39 is 5.82 Å². The number of nitrogens with zero attached hydrogens (tertiary/aromatic N) is 1. The van der Waals surface area contributed by atoms with Crippen molar-refractivity contribution in [1.29, 1.82) is 0 Å². The third-order valence-electron chi connectivity index (χ3n) is 2.99. The van der Waals surface area contributed by atoms with Crippen LogP contribution in [0.2, 0.25) is 0 Å². The number of methoxy groups -OCH3 is 1. The number of halogens is 1. The smallest absolute Gasteiger partial charge is 0.250 e. The maximum atomic E-state index is 14.1. The molecule has 112 valence electrons. The first-order valence-corrected chi connectivity index (χ1v) is 6.87. The number of hydrogen-bond donors (Lipinski definition) is 1. The van der Waals surface area contributed by atoms with Gasteiger partial charge in [0.05, 0.1) is 19.8 Å². The molecule has 1 fully saturated rings. The molecule has 0 saturated heterocycles. The van der Waals surface area contributed by atoms with Gasteiger partial charge in [0.25, 0.3) is 5.88 Å². The molecule has 6 heteroatoms. The van der Waals surface area contributed by atoms with Crippen molar-refractivity contribution >= 4 is 0 Å². The molecule has 1 N–H and O–H groups in total. The second-order valence-corrected chi connectivity index (χ2v) is 4.70. The van der Waals surface area contributed by atoms with Crippen molar-refractivity contribution in [3.63, 3.8) is 0 Å². The third-order valence-corrected chi connectivity index (χ3v) is 2.99. The lowest BCUT2D eigenvalue weighted by Crippen LogP contribution is -2.17. The van der Waals surface area contributed by atoms with Gasteiger partial charge in [-0.15, -0.1) is 0 Å². The van der Waals surface area contributed by atoms with Crippen LogP contribution in [0.5, 0.6) is 5.88 Å². The molecule has 1 aromatic heterocycles. The molecule has 0 aliphatic heterocycles. The molecule has 0 radical (unpaired) electrons. The monoisotopic (exact) mass is 284 g/mol. The summed E-state index contributed by atoms with van der Waals surface area (Å²) in [4.78, 5) is 3.91. The van der Waals surface area contributed by atoms with Crippen LogP contribution in [0.25, 0.3) is 0 Å². The van der Waals surface area contributed by atoms with Crippen molar-refractivity contribution in [2.24, 2.45) is 0 Å². The molecule has 5 nitrogen and oxygen atoms in total. The zero-order chi connectivity index (χ0) is 14.2. The van der Waals surface area contributed by atoms with Gasteiger partial charge in [0.2, 0.25) is 0 Å². The molecule has 1 aliphatic carbocycles. The molecular formula is C14H21FN2O3.